The summed E-state index contributed by atoms with van der Waals surface area (Å²) in [6.45, 7) is 2.02. The Morgan fingerprint density at radius 1 is 1.06 bits per heavy atom. The first-order valence-electron chi connectivity index (χ1n) is 11.0. The van der Waals surface area contributed by atoms with E-state index in [4.69, 9.17) is 16.3 Å². The lowest BCUT2D eigenvalue weighted by Gasteiger charge is -2.17. The van der Waals surface area contributed by atoms with Gasteiger partial charge in [-0.2, -0.15) is 0 Å². The first kappa shape index (κ1) is 22.0. The molecule has 6 nitrogen and oxygen atoms in total. The van der Waals surface area contributed by atoms with Crippen LogP contribution in [0, 0.1) is 6.92 Å². The Balaban J connectivity index is 1.28. The molecule has 3 N–H and O–H groups in total. The van der Waals surface area contributed by atoms with Crippen molar-refractivity contribution in [3.05, 3.63) is 94.1 Å². The predicted molar refractivity (Wildman–Crippen MR) is 131 cm³/mol. The van der Waals surface area contributed by atoms with Crippen LogP contribution in [0.4, 0.5) is 4.79 Å². The third-order valence-electron chi connectivity index (χ3n) is 6.40. The third kappa shape index (κ3) is 4.01. The zero-order valence-corrected chi connectivity index (χ0v) is 19.2. The van der Waals surface area contributed by atoms with Crippen molar-refractivity contribution in [1.82, 2.24) is 10.3 Å². The SMILES string of the molecule is Cc1c(Cl)ccc2cc(CC(NC(=O)OCC3c4ccccc4-c4ccccc43)C(=O)O)[nH]c12. The fourth-order valence-electron chi connectivity index (χ4n) is 4.69. The molecule has 1 aliphatic rings. The van der Waals surface area contributed by atoms with Crippen LogP contribution < -0.4 is 5.32 Å². The molecule has 3 aromatic carbocycles. The van der Waals surface area contributed by atoms with Crippen molar-refractivity contribution in [1.29, 1.82) is 0 Å². The fourth-order valence-corrected chi connectivity index (χ4v) is 4.85. The monoisotopic (exact) mass is 474 g/mol. The maximum absolute atomic E-state index is 12.6. The van der Waals surface area contributed by atoms with Gasteiger partial charge in [0.15, 0.2) is 0 Å². The summed E-state index contributed by atoms with van der Waals surface area (Å²) in [7, 11) is 0. The summed E-state index contributed by atoms with van der Waals surface area (Å²) in [5.74, 6) is -1.23. The Labute approximate surface area is 201 Å². The van der Waals surface area contributed by atoms with Crippen LogP contribution in [0.1, 0.15) is 28.3 Å². The van der Waals surface area contributed by atoms with Crippen LogP contribution in [0.15, 0.2) is 66.7 Å². The van der Waals surface area contributed by atoms with Crippen molar-refractivity contribution in [3.8, 4) is 11.1 Å². The van der Waals surface area contributed by atoms with Gasteiger partial charge in [0, 0.05) is 28.4 Å². The number of carbonyl (C=O) groups excluding carboxylic acids is 1. The molecule has 1 unspecified atom stereocenters. The molecule has 5 rings (SSSR count). The third-order valence-corrected chi connectivity index (χ3v) is 6.81. The average Bonchev–Trinajstić information content (AvgIpc) is 3.39. The van der Waals surface area contributed by atoms with Crippen LogP contribution >= 0.6 is 11.6 Å². The lowest BCUT2D eigenvalue weighted by atomic mass is 9.98. The second-order valence-corrected chi connectivity index (χ2v) is 8.90. The number of hydrogen-bond acceptors (Lipinski definition) is 3. The van der Waals surface area contributed by atoms with E-state index in [1.54, 1.807) is 6.07 Å². The van der Waals surface area contributed by atoms with Gasteiger partial charge in [-0.1, -0.05) is 66.2 Å². The largest absolute Gasteiger partial charge is 0.480 e. The molecule has 0 radical (unpaired) electrons. The van der Waals surface area contributed by atoms with E-state index in [1.165, 1.54) is 0 Å². The lowest BCUT2D eigenvalue weighted by molar-refractivity contribution is -0.139. The van der Waals surface area contributed by atoms with Gasteiger partial charge < -0.3 is 20.1 Å². The number of amides is 1. The zero-order valence-electron chi connectivity index (χ0n) is 18.5. The number of benzene rings is 3. The van der Waals surface area contributed by atoms with Crippen LogP contribution in [0.2, 0.25) is 5.02 Å². The van der Waals surface area contributed by atoms with Crippen molar-refractivity contribution < 1.29 is 19.4 Å². The van der Waals surface area contributed by atoms with Crippen LogP contribution in [0.3, 0.4) is 0 Å². The van der Waals surface area contributed by atoms with Gasteiger partial charge in [0.1, 0.15) is 12.6 Å². The molecular formula is C27H23ClN2O4. The number of aryl methyl sites for hydroxylation is 1. The summed E-state index contributed by atoms with van der Waals surface area (Å²) in [6, 6.07) is 20.5. The van der Waals surface area contributed by atoms with E-state index in [0.29, 0.717) is 10.7 Å². The zero-order chi connectivity index (χ0) is 23.8. The average molecular weight is 475 g/mol. The van der Waals surface area contributed by atoms with Gasteiger partial charge in [-0.25, -0.2) is 9.59 Å². The normalized spacial score (nSPS) is 13.4. The maximum atomic E-state index is 12.6. The van der Waals surface area contributed by atoms with Crippen LogP contribution in [0.25, 0.3) is 22.0 Å². The number of carboxylic acid groups (broad SMARTS) is 1. The summed E-state index contributed by atoms with van der Waals surface area (Å²) in [5, 5.41) is 13.8. The maximum Gasteiger partial charge on any atom is 0.407 e. The fraction of sp³-hybridized carbons (Fsp3) is 0.185. The quantitative estimate of drug-likeness (QED) is 0.336. The van der Waals surface area contributed by atoms with E-state index >= 15 is 0 Å². The molecule has 1 amide bonds. The molecule has 0 bridgehead atoms. The van der Waals surface area contributed by atoms with Crippen molar-refractivity contribution in [2.45, 2.75) is 25.3 Å². The van der Waals surface area contributed by atoms with Gasteiger partial charge in [0.2, 0.25) is 0 Å². The molecule has 0 spiro atoms. The molecule has 7 heteroatoms. The predicted octanol–water partition coefficient (Wildman–Crippen LogP) is 5.66. The molecule has 1 atom stereocenters. The van der Waals surface area contributed by atoms with Gasteiger partial charge in [0.05, 0.1) is 5.52 Å². The van der Waals surface area contributed by atoms with Crippen molar-refractivity contribution in [2.75, 3.05) is 6.61 Å². The van der Waals surface area contributed by atoms with Gasteiger partial charge in [-0.05, 0) is 46.9 Å². The Bertz CT molecular complexity index is 1370. The van der Waals surface area contributed by atoms with E-state index in [9.17, 15) is 14.7 Å². The number of carboxylic acids is 1. The number of ether oxygens (including phenoxy) is 1. The second kappa shape index (κ2) is 8.88. The van der Waals surface area contributed by atoms with E-state index in [-0.39, 0.29) is 18.9 Å². The molecule has 0 fully saturated rings. The minimum atomic E-state index is -1.14. The molecule has 1 aliphatic carbocycles. The first-order chi connectivity index (χ1) is 16.4. The number of rotatable bonds is 6. The van der Waals surface area contributed by atoms with Gasteiger partial charge in [0.25, 0.3) is 0 Å². The molecule has 172 valence electrons. The Kier molecular flexibility index (Phi) is 5.75. The Morgan fingerprint density at radius 3 is 2.35 bits per heavy atom. The number of fused-ring (bicyclic) bond motifs is 4. The highest BCUT2D eigenvalue weighted by Gasteiger charge is 2.30. The van der Waals surface area contributed by atoms with E-state index in [1.807, 2.05) is 55.5 Å². The number of H-pyrrole nitrogens is 1. The summed E-state index contributed by atoms with van der Waals surface area (Å²) in [6.07, 6.45) is -0.671. The Hall–Kier alpha value is -3.77. The van der Waals surface area contributed by atoms with Crippen LogP contribution in [-0.2, 0) is 16.0 Å². The number of halogens is 1. The van der Waals surface area contributed by atoms with Crippen LogP contribution in [0.5, 0.6) is 0 Å². The molecule has 0 saturated heterocycles. The summed E-state index contributed by atoms with van der Waals surface area (Å²) in [5.41, 5.74) is 6.88. The van der Waals surface area contributed by atoms with Gasteiger partial charge in [-0.15, -0.1) is 0 Å². The highest BCUT2D eigenvalue weighted by Crippen LogP contribution is 2.44. The van der Waals surface area contributed by atoms with Crippen molar-refractivity contribution in [3.63, 3.8) is 0 Å². The van der Waals surface area contributed by atoms with Gasteiger partial charge in [-0.3, -0.25) is 0 Å². The molecule has 1 aromatic heterocycles. The summed E-state index contributed by atoms with van der Waals surface area (Å²) in [4.78, 5) is 27.7. The number of aromatic amines is 1. The van der Waals surface area contributed by atoms with Crippen molar-refractivity contribution >= 4 is 34.6 Å². The highest BCUT2D eigenvalue weighted by atomic mass is 35.5. The number of carbonyl (C=O) groups is 2. The lowest BCUT2D eigenvalue weighted by Crippen LogP contribution is -2.43. The van der Waals surface area contributed by atoms with Crippen molar-refractivity contribution in [2.24, 2.45) is 0 Å². The van der Waals surface area contributed by atoms with E-state index in [2.05, 4.69) is 22.4 Å². The minimum absolute atomic E-state index is 0.0886. The molecular weight excluding hydrogens is 452 g/mol. The molecule has 4 aromatic rings. The standard InChI is InChI=1S/C27H23ClN2O4/c1-15-23(28)11-10-16-12-17(29-25(15)16)13-24(26(31)32)30-27(33)34-14-22-20-8-4-2-6-18(20)19-7-3-5-9-21(19)22/h2-12,22,24,29H,13-14H2,1H3,(H,30,33)(H,31,32). The number of aromatic nitrogens is 1. The first-order valence-corrected chi connectivity index (χ1v) is 11.4. The van der Waals surface area contributed by atoms with Crippen LogP contribution in [-0.4, -0.2) is 34.8 Å². The second-order valence-electron chi connectivity index (χ2n) is 8.50. The topological polar surface area (TPSA) is 91.4 Å². The van der Waals surface area contributed by atoms with Gasteiger partial charge >= 0.3 is 12.1 Å². The molecule has 0 aliphatic heterocycles. The van der Waals surface area contributed by atoms with E-state index in [0.717, 1.165) is 38.7 Å². The molecule has 1 heterocycles. The summed E-state index contributed by atoms with van der Waals surface area (Å²) < 4.78 is 5.51. The highest BCUT2D eigenvalue weighted by molar-refractivity contribution is 6.32. The van der Waals surface area contributed by atoms with E-state index < -0.39 is 18.1 Å². The molecule has 0 saturated carbocycles. The number of aliphatic carboxylic acids is 1. The number of hydrogen-bond donors (Lipinski definition) is 3. The number of nitrogens with one attached hydrogen (secondary N) is 2. The minimum Gasteiger partial charge on any atom is -0.480 e. The number of alkyl carbamates (subject to hydrolysis) is 1. The molecule has 34 heavy (non-hydrogen) atoms. The smallest absolute Gasteiger partial charge is 0.407 e. The Morgan fingerprint density at radius 2 is 1.71 bits per heavy atom. The summed E-state index contributed by atoms with van der Waals surface area (Å²) >= 11 is 6.19.